The number of aromatic hydroxyl groups is 1. The van der Waals surface area contributed by atoms with Crippen molar-refractivity contribution in [1.29, 1.82) is 0 Å². The smallest absolute Gasteiger partial charge is 0.410 e. The summed E-state index contributed by atoms with van der Waals surface area (Å²) >= 11 is 3.52. The topological polar surface area (TPSA) is 103 Å². The molecule has 2 saturated heterocycles. The summed E-state index contributed by atoms with van der Waals surface area (Å²) in [5.41, 5.74) is 3.95. The molecular weight excluding hydrogens is 550 g/mol. The van der Waals surface area contributed by atoms with E-state index in [-0.39, 0.29) is 17.4 Å². The lowest BCUT2D eigenvalue weighted by Crippen LogP contribution is -2.73. The van der Waals surface area contributed by atoms with Crippen LogP contribution in [0.4, 0.5) is 10.5 Å². The second-order valence-electron chi connectivity index (χ2n) is 11.3. The van der Waals surface area contributed by atoms with E-state index in [9.17, 15) is 9.90 Å². The molecule has 0 bridgehead atoms. The fraction of sp³-hybridized carbons (Fsp3) is 0.393. The lowest BCUT2D eigenvalue weighted by Gasteiger charge is -2.59. The number of carbonyl (C=O) groups excluding carboxylic acids is 1. The number of amides is 1. The van der Waals surface area contributed by atoms with Gasteiger partial charge in [0.05, 0.1) is 11.3 Å². The molecule has 2 fully saturated rings. The molecule has 3 aliphatic heterocycles. The van der Waals surface area contributed by atoms with Gasteiger partial charge in [-0.15, -0.1) is 0 Å². The average molecular weight is 580 g/mol. The molecule has 1 aromatic heterocycles. The van der Waals surface area contributed by atoms with Gasteiger partial charge in [-0.2, -0.15) is 0 Å². The number of nitrogens with one attached hydrogen (secondary N) is 1. The van der Waals surface area contributed by atoms with Gasteiger partial charge in [-0.1, -0.05) is 39.3 Å². The number of para-hydroxylation sites is 1. The van der Waals surface area contributed by atoms with Gasteiger partial charge in [-0.25, -0.2) is 9.79 Å². The number of carbonyl (C=O) groups is 1. The predicted octanol–water partition coefficient (Wildman–Crippen LogP) is 5.04. The summed E-state index contributed by atoms with van der Waals surface area (Å²) in [6.45, 7) is 10.2. The van der Waals surface area contributed by atoms with E-state index in [1.165, 1.54) is 0 Å². The molecule has 3 aliphatic rings. The maximum Gasteiger partial charge on any atom is 0.410 e. The van der Waals surface area contributed by atoms with E-state index in [0.717, 1.165) is 59.4 Å². The number of nitrogens with zero attached hydrogens (tertiary/aromatic N) is 4. The molecule has 4 heterocycles. The number of H-pyrrole nitrogens is 1. The summed E-state index contributed by atoms with van der Waals surface area (Å²) in [6, 6.07) is 13.5. The Bertz CT molecular complexity index is 1470. The number of hydrogen-bond donors (Lipinski definition) is 2. The SMILES string of the molecule is CC(C)(C)OC(=O)N1CC2(CN(CCON=C3C(c4c(O)[nH]c5ccc(Br)cc45)=Nc4ccccc43)C2)C1. The average Bonchev–Trinajstić information content (AvgIpc) is 3.31. The van der Waals surface area contributed by atoms with Crippen LogP contribution < -0.4 is 0 Å². The molecular formula is C28H30BrN5O4. The van der Waals surface area contributed by atoms with Crippen molar-refractivity contribution in [3.05, 3.63) is 58.1 Å². The normalized spacial score (nSPS) is 19.3. The molecule has 2 aromatic carbocycles. The van der Waals surface area contributed by atoms with Gasteiger partial charge in [0.15, 0.2) is 5.88 Å². The summed E-state index contributed by atoms with van der Waals surface area (Å²) in [7, 11) is 0. The first kappa shape index (κ1) is 24.9. The van der Waals surface area contributed by atoms with Crippen LogP contribution in [-0.2, 0) is 9.57 Å². The van der Waals surface area contributed by atoms with E-state index in [1.807, 2.05) is 63.2 Å². The highest BCUT2D eigenvalue weighted by Gasteiger charge is 2.53. The fourth-order valence-corrected chi connectivity index (χ4v) is 5.85. The van der Waals surface area contributed by atoms with Crippen molar-refractivity contribution in [3.8, 4) is 5.88 Å². The lowest BCUT2D eigenvalue weighted by atomic mass is 9.73. The maximum atomic E-state index is 12.2. The second kappa shape index (κ2) is 9.13. The number of ether oxygens (including phenoxy) is 1. The molecule has 0 unspecified atom stereocenters. The van der Waals surface area contributed by atoms with E-state index >= 15 is 0 Å². The van der Waals surface area contributed by atoms with Crippen molar-refractivity contribution in [3.63, 3.8) is 0 Å². The number of benzene rings is 2. The number of halogens is 1. The van der Waals surface area contributed by atoms with Crippen molar-refractivity contribution in [2.75, 3.05) is 39.3 Å². The highest BCUT2D eigenvalue weighted by molar-refractivity contribution is 9.10. The summed E-state index contributed by atoms with van der Waals surface area (Å²) in [5.74, 6) is 0.0455. The van der Waals surface area contributed by atoms with Crippen LogP contribution in [0.1, 0.15) is 31.9 Å². The summed E-state index contributed by atoms with van der Waals surface area (Å²) < 4.78 is 6.37. The molecule has 0 radical (unpaired) electrons. The first-order chi connectivity index (χ1) is 18.1. The quantitative estimate of drug-likeness (QED) is 0.325. The summed E-state index contributed by atoms with van der Waals surface area (Å²) in [4.78, 5) is 29.9. The third-order valence-electron chi connectivity index (χ3n) is 7.07. The molecule has 0 atom stereocenters. The van der Waals surface area contributed by atoms with E-state index < -0.39 is 5.60 Å². The van der Waals surface area contributed by atoms with Crippen LogP contribution in [0.3, 0.4) is 0 Å². The summed E-state index contributed by atoms with van der Waals surface area (Å²) in [5, 5.41) is 16.1. The van der Waals surface area contributed by atoms with E-state index in [0.29, 0.717) is 23.6 Å². The number of aromatic amines is 1. The zero-order chi connectivity index (χ0) is 26.7. The number of rotatable bonds is 5. The van der Waals surface area contributed by atoms with E-state index in [1.54, 1.807) is 4.90 Å². The van der Waals surface area contributed by atoms with Gasteiger partial charge in [-0.3, -0.25) is 4.90 Å². The zero-order valence-electron chi connectivity index (χ0n) is 21.6. The van der Waals surface area contributed by atoms with Crippen LogP contribution in [0, 0.1) is 5.41 Å². The number of fused-ring (bicyclic) bond motifs is 2. The number of likely N-dealkylation sites (tertiary alicyclic amines) is 2. The van der Waals surface area contributed by atoms with Crippen LogP contribution in [-0.4, -0.2) is 82.3 Å². The Labute approximate surface area is 229 Å². The highest BCUT2D eigenvalue weighted by Crippen LogP contribution is 2.40. The van der Waals surface area contributed by atoms with Gasteiger partial charge in [0, 0.05) is 59.1 Å². The number of hydrogen-bond acceptors (Lipinski definition) is 7. The largest absolute Gasteiger partial charge is 0.494 e. The monoisotopic (exact) mass is 579 g/mol. The Kier molecular flexibility index (Phi) is 5.99. The predicted molar refractivity (Wildman–Crippen MR) is 149 cm³/mol. The van der Waals surface area contributed by atoms with Gasteiger partial charge in [0.2, 0.25) is 0 Å². The van der Waals surface area contributed by atoms with Crippen molar-refractivity contribution < 1.29 is 19.5 Å². The number of oxime groups is 1. The Balaban J connectivity index is 1.09. The van der Waals surface area contributed by atoms with Crippen molar-refractivity contribution in [2.45, 2.75) is 26.4 Å². The van der Waals surface area contributed by atoms with Crippen LogP contribution in [0.5, 0.6) is 5.88 Å². The molecule has 38 heavy (non-hydrogen) atoms. The fourth-order valence-electron chi connectivity index (χ4n) is 5.49. The minimum Gasteiger partial charge on any atom is -0.494 e. The molecule has 2 N–H and O–H groups in total. The number of aliphatic imine (C=N–C) groups is 1. The highest BCUT2D eigenvalue weighted by atomic mass is 79.9. The van der Waals surface area contributed by atoms with Crippen molar-refractivity contribution in [2.24, 2.45) is 15.6 Å². The minimum atomic E-state index is -0.474. The first-order valence-electron chi connectivity index (χ1n) is 12.7. The van der Waals surface area contributed by atoms with Gasteiger partial charge >= 0.3 is 6.09 Å². The van der Waals surface area contributed by atoms with Crippen molar-refractivity contribution in [1.82, 2.24) is 14.8 Å². The Morgan fingerprint density at radius 1 is 1.18 bits per heavy atom. The molecule has 3 aromatic rings. The van der Waals surface area contributed by atoms with Gasteiger partial charge in [0.25, 0.3) is 0 Å². The molecule has 10 heteroatoms. The third-order valence-corrected chi connectivity index (χ3v) is 7.56. The Morgan fingerprint density at radius 3 is 2.71 bits per heavy atom. The standard InChI is InChI=1S/C28H30BrN5O4/c1-27(2,3)38-26(36)34-15-28(16-34)13-33(14-28)10-11-37-32-23-18-6-4-5-7-20(18)30-24(23)22-19-12-17(29)8-9-21(19)31-25(22)35/h4-9,12,31,35H,10-11,13-16H2,1-3H3. The van der Waals surface area contributed by atoms with Crippen molar-refractivity contribution >= 4 is 50.0 Å². The maximum absolute atomic E-state index is 12.2. The molecule has 1 amide bonds. The lowest BCUT2D eigenvalue weighted by molar-refractivity contribution is -0.116. The molecule has 9 nitrogen and oxygen atoms in total. The Hall–Kier alpha value is -3.37. The van der Waals surface area contributed by atoms with E-state index in [4.69, 9.17) is 14.6 Å². The van der Waals surface area contributed by atoms with Gasteiger partial charge in [-0.05, 0) is 45.0 Å². The minimum absolute atomic E-state index is 0.0455. The number of aromatic nitrogens is 1. The molecule has 6 rings (SSSR count). The van der Waals surface area contributed by atoms with E-state index in [2.05, 4.69) is 31.0 Å². The molecule has 1 spiro atoms. The molecule has 0 saturated carbocycles. The zero-order valence-corrected chi connectivity index (χ0v) is 23.2. The second-order valence-corrected chi connectivity index (χ2v) is 12.3. The van der Waals surface area contributed by atoms with Gasteiger partial charge in [0.1, 0.15) is 23.6 Å². The van der Waals surface area contributed by atoms with Gasteiger partial charge < -0.3 is 24.6 Å². The first-order valence-corrected chi connectivity index (χ1v) is 13.5. The van der Waals surface area contributed by atoms with Crippen LogP contribution in [0.25, 0.3) is 10.9 Å². The Morgan fingerprint density at radius 2 is 1.95 bits per heavy atom. The van der Waals surface area contributed by atoms with Crippen LogP contribution in [0.2, 0.25) is 0 Å². The molecule has 198 valence electrons. The van der Waals surface area contributed by atoms with Crippen LogP contribution >= 0.6 is 15.9 Å². The third kappa shape index (κ3) is 4.56. The van der Waals surface area contributed by atoms with Crippen LogP contribution in [0.15, 0.2) is 57.1 Å². The molecule has 0 aliphatic carbocycles. The summed E-state index contributed by atoms with van der Waals surface area (Å²) in [6.07, 6.45) is -0.233.